The molecule has 0 aliphatic carbocycles. The van der Waals surface area contributed by atoms with Crippen LogP contribution in [0.25, 0.3) is 0 Å². The Kier molecular flexibility index (Phi) is 3.24. The van der Waals surface area contributed by atoms with E-state index in [0.29, 0.717) is 6.67 Å². The number of piperidine rings is 1. The molecule has 5 nitrogen and oxygen atoms in total. The molecule has 88 valence electrons. The molecular formula is C11H18N3O2+. The van der Waals surface area contributed by atoms with Gasteiger partial charge in [-0.3, -0.25) is 14.7 Å². The van der Waals surface area contributed by atoms with E-state index >= 15 is 0 Å². The third kappa shape index (κ3) is 2.61. The van der Waals surface area contributed by atoms with Crippen LogP contribution < -0.4 is 16.0 Å². The fourth-order valence-corrected chi connectivity index (χ4v) is 2.13. The lowest BCUT2D eigenvalue weighted by molar-refractivity contribution is -0.929. The number of nitrogens with zero attached hydrogens (tertiary/aromatic N) is 1. The van der Waals surface area contributed by atoms with Gasteiger partial charge in [-0.05, 0) is 18.8 Å². The van der Waals surface area contributed by atoms with Crippen molar-refractivity contribution < 1.29 is 4.90 Å². The Labute approximate surface area is 93.7 Å². The highest BCUT2D eigenvalue weighted by atomic mass is 16.2. The van der Waals surface area contributed by atoms with Crippen LogP contribution in [0.4, 0.5) is 0 Å². The molecule has 1 aromatic heterocycles. The maximum atomic E-state index is 11.5. The minimum Gasteiger partial charge on any atom is -0.316 e. The first-order valence-electron chi connectivity index (χ1n) is 5.79. The molecule has 0 radical (unpaired) electrons. The monoisotopic (exact) mass is 224 g/mol. The van der Waals surface area contributed by atoms with E-state index in [9.17, 15) is 9.59 Å². The van der Waals surface area contributed by atoms with Crippen LogP contribution in [0.1, 0.15) is 19.8 Å². The topological polar surface area (TPSA) is 59.3 Å². The van der Waals surface area contributed by atoms with Crippen LogP contribution in [-0.2, 0) is 6.67 Å². The maximum absolute atomic E-state index is 11.5. The average Bonchev–Trinajstić information content (AvgIpc) is 2.27. The molecule has 0 amide bonds. The van der Waals surface area contributed by atoms with Crippen molar-refractivity contribution in [3.63, 3.8) is 0 Å². The number of hydrogen-bond donors (Lipinski definition) is 2. The van der Waals surface area contributed by atoms with E-state index in [-0.39, 0.29) is 11.1 Å². The number of nitrogens with one attached hydrogen (secondary N) is 2. The van der Waals surface area contributed by atoms with Crippen molar-refractivity contribution >= 4 is 0 Å². The van der Waals surface area contributed by atoms with Crippen LogP contribution >= 0.6 is 0 Å². The number of H-pyrrole nitrogens is 1. The first-order chi connectivity index (χ1) is 7.65. The van der Waals surface area contributed by atoms with E-state index < -0.39 is 0 Å². The summed E-state index contributed by atoms with van der Waals surface area (Å²) in [4.78, 5) is 24.0. The van der Waals surface area contributed by atoms with Crippen LogP contribution in [0.5, 0.6) is 0 Å². The smallest absolute Gasteiger partial charge is 0.269 e. The van der Waals surface area contributed by atoms with Crippen molar-refractivity contribution in [2.45, 2.75) is 26.4 Å². The van der Waals surface area contributed by atoms with Crippen molar-refractivity contribution in [3.05, 3.63) is 32.8 Å². The Morgan fingerprint density at radius 2 is 2.06 bits per heavy atom. The second-order valence-electron chi connectivity index (χ2n) is 4.67. The van der Waals surface area contributed by atoms with Gasteiger partial charge in [0.05, 0.1) is 13.1 Å². The predicted molar refractivity (Wildman–Crippen MR) is 60.4 cm³/mol. The highest BCUT2D eigenvalue weighted by Crippen LogP contribution is 2.06. The Morgan fingerprint density at radius 3 is 2.75 bits per heavy atom. The molecule has 2 rings (SSSR count). The van der Waals surface area contributed by atoms with Crippen LogP contribution in [0.15, 0.2) is 21.7 Å². The van der Waals surface area contributed by atoms with Gasteiger partial charge >= 0.3 is 0 Å². The normalized spacial score (nSPS) is 25.6. The molecule has 0 atom stereocenters. The van der Waals surface area contributed by atoms with Crippen LogP contribution in [0, 0.1) is 5.92 Å². The minimum absolute atomic E-state index is 0.134. The van der Waals surface area contributed by atoms with E-state index in [1.165, 1.54) is 34.6 Å². The number of quaternary nitrogens is 1. The SMILES string of the molecule is CC1CC[NH+](Cn2[nH]c(=O)ccc2=O)CC1. The van der Waals surface area contributed by atoms with Crippen molar-refractivity contribution in [2.75, 3.05) is 13.1 Å². The number of aromatic nitrogens is 2. The van der Waals surface area contributed by atoms with E-state index in [1.54, 1.807) is 0 Å². The summed E-state index contributed by atoms with van der Waals surface area (Å²) in [5, 5.41) is 2.56. The molecule has 0 saturated carbocycles. The lowest BCUT2D eigenvalue weighted by Crippen LogP contribution is -3.12. The molecule has 2 heterocycles. The molecule has 1 saturated heterocycles. The van der Waals surface area contributed by atoms with Crippen LogP contribution in [0.3, 0.4) is 0 Å². The number of likely N-dealkylation sites (tertiary alicyclic amines) is 1. The molecule has 1 aromatic rings. The summed E-state index contributed by atoms with van der Waals surface area (Å²) in [5.74, 6) is 0.787. The van der Waals surface area contributed by atoms with Crippen molar-refractivity contribution in [3.8, 4) is 0 Å². The van der Waals surface area contributed by atoms with Gasteiger partial charge in [0.1, 0.15) is 0 Å². The molecule has 2 N–H and O–H groups in total. The van der Waals surface area contributed by atoms with Gasteiger partial charge in [-0.1, -0.05) is 6.92 Å². The minimum atomic E-state index is -0.218. The summed E-state index contributed by atoms with van der Waals surface area (Å²) in [6.45, 7) is 4.98. The summed E-state index contributed by atoms with van der Waals surface area (Å²) < 4.78 is 1.41. The zero-order valence-corrected chi connectivity index (χ0v) is 9.53. The molecule has 1 aliphatic heterocycles. The number of hydrogen-bond acceptors (Lipinski definition) is 2. The first kappa shape index (κ1) is 11.1. The highest BCUT2D eigenvalue weighted by Gasteiger charge is 2.19. The maximum Gasteiger partial charge on any atom is 0.269 e. The second-order valence-corrected chi connectivity index (χ2v) is 4.67. The zero-order chi connectivity index (χ0) is 11.5. The number of rotatable bonds is 2. The molecule has 16 heavy (non-hydrogen) atoms. The third-order valence-corrected chi connectivity index (χ3v) is 3.25. The largest absolute Gasteiger partial charge is 0.316 e. The van der Waals surface area contributed by atoms with E-state index in [2.05, 4.69) is 12.0 Å². The molecule has 5 heteroatoms. The Morgan fingerprint density at radius 1 is 1.38 bits per heavy atom. The lowest BCUT2D eigenvalue weighted by atomic mass is 10.00. The van der Waals surface area contributed by atoms with Gasteiger partial charge in [-0.25, -0.2) is 0 Å². The predicted octanol–water partition coefficient (Wildman–Crippen LogP) is -1.19. The Balaban J connectivity index is 2.06. The highest BCUT2D eigenvalue weighted by molar-refractivity contribution is 4.85. The van der Waals surface area contributed by atoms with Crippen molar-refractivity contribution in [1.82, 2.24) is 9.78 Å². The summed E-state index contributed by atoms with van der Waals surface area (Å²) in [6.07, 6.45) is 2.39. The summed E-state index contributed by atoms with van der Waals surface area (Å²) in [5.41, 5.74) is -0.352. The molecule has 1 fully saturated rings. The van der Waals surface area contributed by atoms with Gasteiger partial charge < -0.3 is 4.90 Å². The standard InChI is InChI=1S/C11H17N3O2/c1-9-4-6-13(7-5-9)8-14-11(16)3-2-10(15)12-14/h2-3,9H,4-8H2,1H3,(H,12,15)/p+1. The van der Waals surface area contributed by atoms with E-state index in [1.807, 2.05) is 0 Å². The molecular weight excluding hydrogens is 206 g/mol. The van der Waals surface area contributed by atoms with Gasteiger partial charge in [0, 0.05) is 12.1 Å². The second kappa shape index (κ2) is 4.65. The van der Waals surface area contributed by atoms with Gasteiger partial charge in [-0.15, -0.1) is 0 Å². The van der Waals surface area contributed by atoms with Gasteiger partial charge in [0.15, 0.2) is 6.67 Å². The number of aromatic amines is 1. The lowest BCUT2D eigenvalue weighted by Gasteiger charge is -2.27. The Bertz CT molecular complexity index is 455. The van der Waals surface area contributed by atoms with Crippen molar-refractivity contribution in [1.29, 1.82) is 0 Å². The Hall–Kier alpha value is -1.36. The van der Waals surface area contributed by atoms with Crippen LogP contribution in [-0.4, -0.2) is 22.9 Å². The van der Waals surface area contributed by atoms with E-state index in [4.69, 9.17) is 0 Å². The summed E-state index contributed by atoms with van der Waals surface area (Å²) in [7, 11) is 0. The molecule has 0 unspecified atom stereocenters. The van der Waals surface area contributed by atoms with Crippen LogP contribution in [0.2, 0.25) is 0 Å². The summed E-state index contributed by atoms with van der Waals surface area (Å²) >= 11 is 0. The quantitative estimate of drug-likeness (QED) is 0.663. The molecule has 0 aromatic carbocycles. The summed E-state index contributed by atoms with van der Waals surface area (Å²) in [6, 6.07) is 2.59. The van der Waals surface area contributed by atoms with Gasteiger partial charge in [-0.2, -0.15) is 4.68 Å². The van der Waals surface area contributed by atoms with Gasteiger partial charge in [0.2, 0.25) is 0 Å². The fraction of sp³-hybridized carbons (Fsp3) is 0.636. The zero-order valence-electron chi connectivity index (χ0n) is 9.53. The van der Waals surface area contributed by atoms with Gasteiger partial charge in [0.25, 0.3) is 11.1 Å². The average molecular weight is 224 g/mol. The van der Waals surface area contributed by atoms with E-state index in [0.717, 1.165) is 19.0 Å². The molecule has 0 spiro atoms. The first-order valence-corrected chi connectivity index (χ1v) is 5.79. The molecule has 1 aliphatic rings. The van der Waals surface area contributed by atoms with Crippen molar-refractivity contribution in [2.24, 2.45) is 5.92 Å². The fourth-order valence-electron chi connectivity index (χ4n) is 2.13. The third-order valence-electron chi connectivity index (χ3n) is 3.25. The molecule has 0 bridgehead atoms.